The molecule has 7 heteroatoms. The van der Waals surface area contributed by atoms with Gasteiger partial charge in [-0.05, 0) is 24.0 Å². The molecular formula is C14H20ClN3O3. The van der Waals surface area contributed by atoms with Crippen LogP contribution in [0.1, 0.15) is 24.0 Å². The number of amides is 2. The molecule has 1 aliphatic rings. The summed E-state index contributed by atoms with van der Waals surface area (Å²) in [5, 5.41) is 14.3. The number of hydrogen-bond acceptors (Lipinski definition) is 4. The summed E-state index contributed by atoms with van der Waals surface area (Å²) in [7, 11) is 0. The summed E-state index contributed by atoms with van der Waals surface area (Å²) >= 11 is 0. The molecule has 6 nitrogen and oxygen atoms in total. The zero-order valence-corrected chi connectivity index (χ0v) is 12.4. The van der Waals surface area contributed by atoms with E-state index in [4.69, 9.17) is 5.21 Å². The summed E-state index contributed by atoms with van der Waals surface area (Å²) in [5.41, 5.74) is 4.00. The topological polar surface area (TPSA) is 90.5 Å². The molecule has 4 N–H and O–H groups in total. The summed E-state index contributed by atoms with van der Waals surface area (Å²) in [5.74, 6) is -0.493. The molecule has 1 aromatic carbocycles. The minimum Gasteiger partial charge on any atom is -0.355 e. The van der Waals surface area contributed by atoms with E-state index in [0.29, 0.717) is 25.9 Å². The highest BCUT2D eigenvalue weighted by Gasteiger charge is 2.23. The zero-order chi connectivity index (χ0) is 14.4. The number of hydrogen-bond donors (Lipinski definition) is 4. The first-order valence-corrected chi connectivity index (χ1v) is 6.71. The highest BCUT2D eigenvalue weighted by atomic mass is 35.5. The van der Waals surface area contributed by atoms with Crippen molar-refractivity contribution in [2.24, 2.45) is 0 Å². The van der Waals surface area contributed by atoms with Gasteiger partial charge in [0, 0.05) is 19.5 Å². The van der Waals surface area contributed by atoms with Crippen LogP contribution in [0.25, 0.3) is 0 Å². The first kappa shape index (κ1) is 17.4. The van der Waals surface area contributed by atoms with Crippen molar-refractivity contribution in [2.75, 3.05) is 6.54 Å². The fraction of sp³-hybridized carbons (Fsp3) is 0.429. The van der Waals surface area contributed by atoms with Crippen molar-refractivity contribution in [3.8, 4) is 0 Å². The second-order valence-electron chi connectivity index (χ2n) is 4.84. The van der Waals surface area contributed by atoms with E-state index in [2.05, 4.69) is 16.7 Å². The molecule has 21 heavy (non-hydrogen) atoms. The van der Waals surface area contributed by atoms with Gasteiger partial charge in [-0.25, -0.2) is 5.48 Å². The largest absolute Gasteiger partial charge is 0.355 e. The summed E-state index contributed by atoms with van der Waals surface area (Å²) in [6, 6.07) is 7.85. The number of carbonyl (C=O) groups excluding carboxylic acids is 2. The molecule has 1 heterocycles. The first-order valence-electron chi connectivity index (χ1n) is 6.71. The molecule has 1 atom stereocenters. The Morgan fingerprint density at radius 2 is 2.00 bits per heavy atom. The molecule has 1 aromatic rings. The molecule has 116 valence electrons. The predicted octanol–water partition coefficient (Wildman–Crippen LogP) is 0.524. The highest BCUT2D eigenvalue weighted by molar-refractivity contribution is 5.85. The maximum atomic E-state index is 12.0. The Bertz CT molecular complexity index is 496. The lowest BCUT2D eigenvalue weighted by molar-refractivity contribution is -0.129. The number of carbonyl (C=O) groups is 2. The van der Waals surface area contributed by atoms with Gasteiger partial charge in [0.2, 0.25) is 11.8 Å². The predicted molar refractivity (Wildman–Crippen MR) is 80.2 cm³/mol. The fourth-order valence-corrected chi connectivity index (χ4v) is 2.28. The number of halogens is 1. The van der Waals surface area contributed by atoms with Gasteiger partial charge in [-0.2, -0.15) is 0 Å². The minimum absolute atomic E-state index is 0. The first-order chi connectivity index (χ1) is 9.70. The van der Waals surface area contributed by atoms with Crippen molar-refractivity contribution in [3.63, 3.8) is 0 Å². The van der Waals surface area contributed by atoms with E-state index in [1.807, 2.05) is 18.2 Å². The van der Waals surface area contributed by atoms with Gasteiger partial charge in [0.1, 0.15) is 0 Å². The minimum atomic E-state index is -0.441. The average Bonchev–Trinajstić information content (AvgIpc) is 2.50. The van der Waals surface area contributed by atoms with E-state index in [1.54, 1.807) is 5.48 Å². The molecule has 2 rings (SSSR count). The van der Waals surface area contributed by atoms with E-state index < -0.39 is 5.91 Å². The van der Waals surface area contributed by atoms with Gasteiger partial charge in [0.05, 0.1) is 6.04 Å². The van der Waals surface area contributed by atoms with Crippen LogP contribution in [-0.4, -0.2) is 29.6 Å². The Balaban J connectivity index is 0.00000220. The third kappa shape index (κ3) is 5.00. The second-order valence-corrected chi connectivity index (χ2v) is 4.84. The van der Waals surface area contributed by atoms with Crippen molar-refractivity contribution < 1.29 is 14.8 Å². The van der Waals surface area contributed by atoms with Crippen molar-refractivity contribution in [2.45, 2.75) is 31.8 Å². The van der Waals surface area contributed by atoms with Crippen molar-refractivity contribution in [1.29, 1.82) is 0 Å². The van der Waals surface area contributed by atoms with Crippen LogP contribution < -0.4 is 16.1 Å². The standard InChI is InChI=1S/C14H19N3O3.ClH/c18-13(17-20)6-3-7-15-14(19)12-8-10-4-1-2-5-11(10)9-16-12;/h1-2,4-5,12,16,20H,3,6-9H2,(H,15,19)(H,17,18);1H/t12-;/m0./s1. The monoisotopic (exact) mass is 313 g/mol. The molecule has 0 saturated carbocycles. The van der Waals surface area contributed by atoms with Crippen LogP contribution in [0.5, 0.6) is 0 Å². The van der Waals surface area contributed by atoms with Crippen LogP contribution in [0.2, 0.25) is 0 Å². The number of rotatable bonds is 5. The highest BCUT2D eigenvalue weighted by Crippen LogP contribution is 2.16. The van der Waals surface area contributed by atoms with Gasteiger partial charge in [0.25, 0.3) is 0 Å². The van der Waals surface area contributed by atoms with Crippen molar-refractivity contribution >= 4 is 24.2 Å². The molecule has 0 radical (unpaired) electrons. The zero-order valence-electron chi connectivity index (χ0n) is 11.6. The van der Waals surface area contributed by atoms with Gasteiger partial charge >= 0.3 is 0 Å². The lowest BCUT2D eigenvalue weighted by atomic mass is 9.95. The van der Waals surface area contributed by atoms with E-state index in [0.717, 1.165) is 0 Å². The molecule has 0 bridgehead atoms. The third-order valence-electron chi connectivity index (χ3n) is 3.40. The Hall–Kier alpha value is -1.63. The van der Waals surface area contributed by atoms with Crippen LogP contribution in [-0.2, 0) is 22.6 Å². The van der Waals surface area contributed by atoms with Crippen LogP contribution in [0.4, 0.5) is 0 Å². The number of hydroxylamine groups is 1. The van der Waals surface area contributed by atoms with Gasteiger partial charge in [-0.1, -0.05) is 24.3 Å². The maximum absolute atomic E-state index is 12.0. The maximum Gasteiger partial charge on any atom is 0.243 e. The lowest BCUT2D eigenvalue weighted by Gasteiger charge is -2.25. The van der Waals surface area contributed by atoms with Gasteiger partial charge in [-0.3, -0.25) is 14.8 Å². The van der Waals surface area contributed by atoms with E-state index in [9.17, 15) is 9.59 Å². The molecule has 0 aliphatic carbocycles. The summed E-state index contributed by atoms with van der Waals surface area (Å²) in [6.07, 6.45) is 1.37. The van der Waals surface area contributed by atoms with Gasteiger partial charge in [-0.15, -0.1) is 12.4 Å². The lowest BCUT2D eigenvalue weighted by Crippen LogP contribution is -2.47. The van der Waals surface area contributed by atoms with Crippen LogP contribution >= 0.6 is 12.4 Å². The van der Waals surface area contributed by atoms with E-state index in [-0.39, 0.29) is 30.8 Å². The Kier molecular flexibility index (Phi) is 7.14. The molecule has 0 saturated heterocycles. The Morgan fingerprint density at radius 3 is 2.71 bits per heavy atom. The number of nitrogens with one attached hydrogen (secondary N) is 3. The fourth-order valence-electron chi connectivity index (χ4n) is 2.28. The van der Waals surface area contributed by atoms with Crippen molar-refractivity contribution in [3.05, 3.63) is 35.4 Å². The van der Waals surface area contributed by atoms with Gasteiger partial charge < -0.3 is 10.6 Å². The number of fused-ring (bicyclic) bond motifs is 1. The quantitative estimate of drug-likeness (QED) is 0.362. The molecule has 2 amide bonds. The number of benzene rings is 1. The Morgan fingerprint density at radius 1 is 1.29 bits per heavy atom. The summed E-state index contributed by atoms with van der Waals surface area (Å²) < 4.78 is 0. The van der Waals surface area contributed by atoms with E-state index in [1.165, 1.54) is 11.1 Å². The average molecular weight is 314 g/mol. The van der Waals surface area contributed by atoms with Crippen LogP contribution in [0, 0.1) is 0 Å². The third-order valence-corrected chi connectivity index (χ3v) is 3.40. The summed E-state index contributed by atoms with van der Waals surface area (Å²) in [6.45, 7) is 1.12. The molecule has 0 aromatic heterocycles. The normalized spacial score (nSPS) is 16.3. The molecule has 0 fully saturated rings. The second kappa shape index (κ2) is 8.61. The molecular weight excluding hydrogens is 294 g/mol. The smallest absolute Gasteiger partial charge is 0.243 e. The summed E-state index contributed by atoms with van der Waals surface area (Å²) in [4.78, 5) is 22.8. The van der Waals surface area contributed by atoms with Crippen LogP contribution in [0.3, 0.4) is 0 Å². The van der Waals surface area contributed by atoms with E-state index >= 15 is 0 Å². The van der Waals surface area contributed by atoms with Crippen molar-refractivity contribution in [1.82, 2.24) is 16.1 Å². The Labute approximate surface area is 129 Å². The van der Waals surface area contributed by atoms with Crippen LogP contribution in [0.15, 0.2) is 24.3 Å². The molecule has 1 aliphatic heterocycles. The SMILES string of the molecule is Cl.O=C(CCCNC(=O)[C@@H]1Cc2ccccc2CN1)NO. The molecule has 0 spiro atoms. The van der Waals surface area contributed by atoms with Gasteiger partial charge in [0.15, 0.2) is 0 Å². The molecule has 0 unspecified atom stereocenters.